The van der Waals surface area contributed by atoms with E-state index in [1.165, 1.54) is 0 Å². The highest BCUT2D eigenvalue weighted by Gasteiger charge is 2.16. The summed E-state index contributed by atoms with van der Waals surface area (Å²) in [4.78, 5) is 0. The Balaban J connectivity index is 1.92. The molecule has 1 atom stereocenters. The van der Waals surface area contributed by atoms with Crippen molar-refractivity contribution in [2.75, 3.05) is 13.2 Å². The van der Waals surface area contributed by atoms with Gasteiger partial charge in [-0.3, -0.25) is 0 Å². The number of oxime groups is 1. The van der Waals surface area contributed by atoms with Crippen LogP contribution >= 0.6 is 0 Å². The van der Waals surface area contributed by atoms with Crippen LogP contribution in [0.2, 0.25) is 0 Å². The van der Waals surface area contributed by atoms with Crippen molar-refractivity contribution in [2.24, 2.45) is 5.16 Å². The molecule has 0 spiro atoms. The fourth-order valence-corrected chi connectivity index (χ4v) is 1.81. The molecule has 1 heterocycles. The standard InChI is InChI=1S/C13H17NO3/c1-10(14-15)8-11-2-4-12(5-3-11)17-13-6-7-16-9-13/h2-5,13,15H,6-9H2,1H3/b14-10-. The number of hydrogen-bond donors (Lipinski definition) is 1. The Morgan fingerprint density at radius 3 is 2.82 bits per heavy atom. The fraction of sp³-hybridized carbons (Fsp3) is 0.462. The lowest BCUT2D eigenvalue weighted by Crippen LogP contribution is -2.15. The molecule has 0 bridgehead atoms. The number of ether oxygens (including phenoxy) is 2. The van der Waals surface area contributed by atoms with Crippen LogP contribution in [0.3, 0.4) is 0 Å². The van der Waals surface area contributed by atoms with Gasteiger partial charge in [0.05, 0.1) is 18.9 Å². The van der Waals surface area contributed by atoms with Crippen LogP contribution in [0.5, 0.6) is 5.75 Å². The first-order chi connectivity index (χ1) is 8.28. The molecule has 0 aliphatic carbocycles. The Labute approximate surface area is 101 Å². The molecule has 1 unspecified atom stereocenters. The zero-order valence-corrected chi connectivity index (χ0v) is 9.93. The third-order valence-electron chi connectivity index (χ3n) is 2.74. The Hall–Kier alpha value is -1.55. The highest BCUT2D eigenvalue weighted by Crippen LogP contribution is 2.17. The van der Waals surface area contributed by atoms with Crippen molar-refractivity contribution < 1.29 is 14.7 Å². The van der Waals surface area contributed by atoms with E-state index in [0.29, 0.717) is 18.7 Å². The van der Waals surface area contributed by atoms with E-state index in [9.17, 15) is 0 Å². The Morgan fingerprint density at radius 1 is 1.47 bits per heavy atom. The van der Waals surface area contributed by atoms with Crippen LogP contribution in [0.15, 0.2) is 29.4 Å². The van der Waals surface area contributed by atoms with Crippen molar-refractivity contribution >= 4 is 5.71 Å². The van der Waals surface area contributed by atoms with Crippen LogP contribution in [0.1, 0.15) is 18.9 Å². The minimum absolute atomic E-state index is 0.182. The first-order valence-corrected chi connectivity index (χ1v) is 5.79. The van der Waals surface area contributed by atoms with Gasteiger partial charge in [-0.05, 0) is 24.6 Å². The van der Waals surface area contributed by atoms with E-state index in [2.05, 4.69) is 5.16 Å². The molecule has 2 rings (SSSR count). The molecule has 92 valence electrons. The Kier molecular flexibility index (Phi) is 3.98. The Bertz CT molecular complexity index is 380. The van der Waals surface area contributed by atoms with Crippen molar-refractivity contribution in [3.63, 3.8) is 0 Å². The zero-order valence-electron chi connectivity index (χ0n) is 9.93. The summed E-state index contributed by atoms with van der Waals surface area (Å²) in [5, 5.41) is 11.7. The van der Waals surface area contributed by atoms with Crippen molar-refractivity contribution in [3.05, 3.63) is 29.8 Å². The molecule has 1 N–H and O–H groups in total. The minimum atomic E-state index is 0.182. The largest absolute Gasteiger partial charge is 0.488 e. The topological polar surface area (TPSA) is 51.0 Å². The van der Waals surface area contributed by atoms with Gasteiger partial charge in [0.25, 0.3) is 0 Å². The Morgan fingerprint density at radius 2 is 2.24 bits per heavy atom. The quantitative estimate of drug-likeness (QED) is 0.494. The molecule has 1 fully saturated rings. The predicted molar refractivity (Wildman–Crippen MR) is 64.9 cm³/mol. The van der Waals surface area contributed by atoms with Gasteiger partial charge in [0.1, 0.15) is 11.9 Å². The first-order valence-electron chi connectivity index (χ1n) is 5.79. The first kappa shape index (κ1) is 11.9. The second-order valence-corrected chi connectivity index (χ2v) is 4.26. The molecular formula is C13H17NO3. The van der Waals surface area contributed by atoms with Gasteiger partial charge in [0.15, 0.2) is 0 Å². The van der Waals surface area contributed by atoms with Crippen LogP contribution < -0.4 is 4.74 Å². The van der Waals surface area contributed by atoms with Crippen molar-refractivity contribution in [3.8, 4) is 5.75 Å². The molecule has 1 aliphatic rings. The zero-order chi connectivity index (χ0) is 12.1. The molecule has 4 nitrogen and oxygen atoms in total. The average molecular weight is 235 g/mol. The molecule has 17 heavy (non-hydrogen) atoms. The molecule has 1 saturated heterocycles. The maximum absolute atomic E-state index is 8.59. The molecule has 0 aromatic heterocycles. The summed E-state index contributed by atoms with van der Waals surface area (Å²) in [6.07, 6.45) is 1.79. The third kappa shape index (κ3) is 3.46. The maximum atomic E-state index is 8.59. The van der Waals surface area contributed by atoms with E-state index < -0.39 is 0 Å². The van der Waals surface area contributed by atoms with Crippen molar-refractivity contribution in [1.29, 1.82) is 0 Å². The van der Waals surface area contributed by atoms with E-state index in [4.69, 9.17) is 14.7 Å². The van der Waals surface area contributed by atoms with Crippen molar-refractivity contribution in [2.45, 2.75) is 25.9 Å². The lowest BCUT2D eigenvalue weighted by Gasteiger charge is -2.11. The van der Waals surface area contributed by atoms with Gasteiger partial charge in [-0.25, -0.2) is 0 Å². The molecule has 0 radical (unpaired) electrons. The van der Waals surface area contributed by atoms with Crippen LogP contribution in [0, 0.1) is 0 Å². The summed E-state index contributed by atoms with van der Waals surface area (Å²) in [6.45, 7) is 3.26. The van der Waals surface area contributed by atoms with Gasteiger partial charge in [0.2, 0.25) is 0 Å². The van der Waals surface area contributed by atoms with E-state index in [-0.39, 0.29) is 6.10 Å². The summed E-state index contributed by atoms with van der Waals surface area (Å²) in [5.74, 6) is 0.864. The summed E-state index contributed by atoms with van der Waals surface area (Å²) in [5.41, 5.74) is 1.80. The van der Waals surface area contributed by atoms with Crippen LogP contribution in [-0.4, -0.2) is 30.2 Å². The third-order valence-corrected chi connectivity index (χ3v) is 2.74. The SMILES string of the molecule is C/C(Cc1ccc(OC2CCOC2)cc1)=N/O. The van der Waals surface area contributed by atoms with Gasteiger partial charge in [0, 0.05) is 12.8 Å². The van der Waals surface area contributed by atoms with Crippen LogP contribution in [0.4, 0.5) is 0 Å². The minimum Gasteiger partial charge on any atom is -0.488 e. The number of hydrogen-bond acceptors (Lipinski definition) is 4. The monoisotopic (exact) mass is 235 g/mol. The van der Waals surface area contributed by atoms with Gasteiger partial charge in [-0.15, -0.1) is 0 Å². The van der Waals surface area contributed by atoms with Gasteiger partial charge in [-0.2, -0.15) is 0 Å². The average Bonchev–Trinajstić information content (AvgIpc) is 2.84. The molecule has 4 heteroatoms. The fourth-order valence-electron chi connectivity index (χ4n) is 1.81. The van der Waals surface area contributed by atoms with Gasteiger partial charge < -0.3 is 14.7 Å². The molecular weight excluding hydrogens is 218 g/mol. The van der Waals surface area contributed by atoms with Crippen LogP contribution in [0.25, 0.3) is 0 Å². The summed E-state index contributed by atoms with van der Waals surface area (Å²) >= 11 is 0. The smallest absolute Gasteiger partial charge is 0.124 e. The van der Waals surface area contributed by atoms with Gasteiger partial charge >= 0.3 is 0 Å². The van der Waals surface area contributed by atoms with E-state index in [1.54, 1.807) is 6.92 Å². The number of rotatable bonds is 4. The normalized spacial score (nSPS) is 20.5. The van der Waals surface area contributed by atoms with Crippen molar-refractivity contribution in [1.82, 2.24) is 0 Å². The van der Waals surface area contributed by atoms with E-state index in [0.717, 1.165) is 24.3 Å². The van der Waals surface area contributed by atoms with E-state index in [1.807, 2.05) is 24.3 Å². The molecule has 1 aromatic rings. The van der Waals surface area contributed by atoms with Crippen LogP contribution in [-0.2, 0) is 11.2 Å². The highest BCUT2D eigenvalue weighted by atomic mass is 16.5. The maximum Gasteiger partial charge on any atom is 0.124 e. The molecule has 1 aliphatic heterocycles. The van der Waals surface area contributed by atoms with E-state index >= 15 is 0 Å². The summed E-state index contributed by atoms with van der Waals surface area (Å²) < 4.78 is 11.0. The second kappa shape index (κ2) is 5.68. The predicted octanol–water partition coefficient (Wildman–Crippen LogP) is 2.25. The summed E-state index contributed by atoms with van der Waals surface area (Å²) in [6, 6.07) is 7.86. The lowest BCUT2D eigenvalue weighted by molar-refractivity contribution is 0.141. The molecule has 0 amide bonds. The number of benzene rings is 1. The molecule has 0 saturated carbocycles. The lowest BCUT2D eigenvalue weighted by atomic mass is 10.1. The summed E-state index contributed by atoms with van der Waals surface area (Å²) in [7, 11) is 0. The molecule has 1 aromatic carbocycles. The number of nitrogens with zero attached hydrogens (tertiary/aromatic N) is 1. The highest BCUT2D eigenvalue weighted by molar-refractivity contribution is 5.83. The van der Waals surface area contributed by atoms with Gasteiger partial charge in [-0.1, -0.05) is 17.3 Å². The second-order valence-electron chi connectivity index (χ2n) is 4.26.